The van der Waals surface area contributed by atoms with Gasteiger partial charge in [-0.05, 0) is 42.3 Å². The van der Waals surface area contributed by atoms with Gasteiger partial charge in [0.2, 0.25) is 0 Å². The summed E-state index contributed by atoms with van der Waals surface area (Å²) in [4.78, 5) is 35.7. The second-order valence-corrected chi connectivity index (χ2v) is 9.03. The third kappa shape index (κ3) is 5.81. The molecule has 0 saturated carbocycles. The molecule has 3 aromatic heterocycles. The SMILES string of the molecule is Cc1c(NC(=O)NCCC#N)cccc1-c1cc(Nc2ccc(C(=O)N3CCOCC3)cn2)c2nccn2c1. The molecule has 0 spiro atoms. The molecule has 1 aromatic carbocycles. The average Bonchev–Trinajstić information content (AvgIpc) is 3.44. The first-order valence-electron chi connectivity index (χ1n) is 12.6. The number of pyridine rings is 2. The molecule has 198 valence electrons. The molecule has 3 amide bonds. The number of morpholine rings is 1. The van der Waals surface area contributed by atoms with E-state index in [4.69, 9.17) is 10.00 Å². The molecule has 0 atom stereocenters. The minimum Gasteiger partial charge on any atom is -0.378 e. The normalized spacial score (nSPS) is 13.1. The second-order valence-electron chi connectivity index (χ2n) is 9.03. The number of rotatable bonds is 7. The van der Waals surface area contributed by atoms with Gasteiger partial charge in [-0.3, -0.25) is 4.79 Å². The molecule has 1 saturated heterocycles. The lowest BCUT2D eigenvalue weighted by molar-refractivity contribution is 0.0302. The number of imidazole rings is 1. The molecule has 3 N–H and O–H groups in total. The number of nitrogens with one attached hydrogen (secondary N) is 3. The molecular weight excluding hydrogens is 496 g/mol. The van der Waals surface area contributed by atoms with E-state index in [1.807, 2.05) is 54.1 Å². The van der Waals surface area contributed by atoms with Gasteiger partial charge in [0.25, 0.3) is 5.91 Å². The average molecular weight is 525 g/mol. The quantitative estimate of drug-likeness (QED) is 0.311. The van der Waals surface area contributed by atoms with Crippen LogP contribution in [0.3, 0.4) is 0 Å². The summed E-state index contributed by atoms with van der Waals surface area (Å²) < 4.78 is 7.25. The van der Waals surface area contributed by atoms with Gasteiger partial charge < -0.3 is 30.0 Å². The Bertz CT molecular complexity index is 1530. The fourth-order valence-corrected chi connectivity index (χ4v) is 4.44. The van der Waals surface area contributed by atoms with E-state index in [-0.39, 0.29) is 24.9 Å². The minimum atomic E-state index is -0.362. The van der Waals surface area contributed by atoms with Crippen molar-refractivity contribution in [3.8, 4) is 17.2 Å². The third-order valence-corrected chi connectivity index (χ3v) is 6.47. The van der Waals surface area contributed by atoms with Gasteiger partial charge in [-0.2, -0.15) is 5.26 Å². The van der Waals surface area contributed by atoms with Crippen molar-refractivity contribution >= 4 is 34.8 Å². The van der Waals surface area contributed by atoms with Crippen LogP contribution in [0.25, 0.3) is 16.8 Å². The van der Waals surface area contributed by atoms with Crippen LogP contribution in [-0.4, -0.2) is 64.1 Å². The van der Waals surface area contributed by atoms with Crippen LogP contribution in [-0.2, 0) is 4.74 Å². The summed E-state index contributed by atoms with van der Waals surface area (Å²) in [5, 5.41) is 17.6. The van der Waals surface area contributed by atoms with Gasteiger partial charge in [-0.15, -0.1) is 0 Å². The van der Waals surface area contributed by atoms with Crippen LogP contribution in [0.2, 0.25) is 0 Å². The van der Waals surface area contributed by atoms with Crippen LogP contribution in [0, 0.1) is 18.3 Å². The Kier molecular flexibility index (Phi) is 7.65. The number of amides is 3. The van der Waals surface area contributed by atoms with Crippen molar-refractivity contribution in [3.63, 3.8) is 0 Å². The molecule has 1 aliphatic rings. The zero-order valence-electron chi connectivity index (χ0n) is 21.5. The number of ether oxygens (including phenoxy) is 1. The molecule has 39 heavy (non-hydrogen) atoms. The Labute approximate surface area is 225 Å². The first kappa shape index (κ1) is 25.7. The zero-order chi connectivity index (χ0) is 27.2. The standard InChI is InChI=1S/C28H28N8O3/c1-19-22(4-2-5-23(19)34-28(38)31-9-3-8-29)21-16-24(26-30-10-11-36(26)18-21)33-25-7-6-20(17-32-25)27(37)35-12-14-39-15-13-35/h2,4-7,10-11,16-18H,3,9,12-15H2,1H3,(H,32,33)(H2,31,34,38). The predicted octanol–water partition coefficient (Wildman–Crippen LogP) is 3.96. The fraction of sp³-hybridized carbons (Fsp3) is 0.250. The van der Waals surface area contributed by atoms with Gasteiger partial charge in [0.05, 0.1) is 37.0 Å². The highest BCUT2D eigenvalue weighted by molar-refractivity contribution is 5.94. The van der Waals surface area contributed by atoms with Crippen molar-refractivity contribution in [1.29, 1.82) is 5.26 Å². The van der Waals surface area contributed by atoms with Gasteiger partial charge >= 0.3 is 6.03 Å². The van der Waals surface area contributed by atoms with Crippen molar-refractivity contribution in [2.24, 2.45) is 0 Å². The number of nitriles is 1. The van der Waals surface area contributed by atoms with Crippen LogP contribution < -0.4 is 16.0 Å². The lowest BCUT2D eigenvalue weighted by Gasteiger charge is -2.26. The number of carbonyl (C=O) groups excluding carboxylic acids is 2. The number of aromatic nitrogens is 3. The van der Waals surface area contributed by atoms with Gasteiger partial charge in [0, 0.05) is 55.7 Å². The van der Waals surface area contributed by atoms with Crippen molar-refractivity contribution in [2.75, 3.05) is 43.5 Å². The predicted molar refractivity (Wildman–Crippen MR) is 147 cm³/mol. The number of nitrogens with zero attached hydrogens (tertiary/aromatic N) is 5. The van der Waals surface area contributed by atoms with Crippen LogP contribution in [0.5, 0.6) is 0 Å². The van der Waals surface area contributed by atoms with Gasteiger partial charge in [0.15, 0.2) is 5.65 Å². The summed E-state index contributed by atoms with van der Waals surface area (Å²) in [7, 11) is 0. The van der Waals surface area contributed by atoms with Crippen LogP contribution in [0.1, 0.15) is 22.3 Å². The maximum absolute atomic E-state index is 12.8. The summed E-state index contributed by atoms with van der Waals surface area (Å²) in [5.41, 5.74) is 5.39. The fourth-order valence-electron chi connectivity index (χ4n) is 4.44. The van der Waals surface area contributed by atoms with E-state index in [2.05, 4.69) is 25.9 Å². The van der Waals surface area contributed by atoms with E-state index in [0.29, 0.717) is 43.4 Å². The molecule has 1 fully saturated rings. The molecule has 11 heteroatoms. The van der Waals surface area contributed by atoms with Gasteiger partial charge in [-0.1, -0.05) is 12.1 Å². The maximum Gasteiger partial charge on any atom is 0.319 e. The summed E-state index contributed by atoms with van der Waals surface area (Å²) >= 11 is 0. The molecule has 4 aromatic rings. The Hall–Kier alpha value is -4.95. The number of urea groups is 1. The third-order valence-electron chi connectivity index (χ3n) is 6.47. The highest BCUT2D eigenvalue weighted by Crippen LogP contribution is 2.32. The first-order valence-corrected chi connectivity index (χ1v) is 12.6. The minimum absolute atomic E-state index is 0.0577. The lowest BCUT2D eigenvalue weighted by Crippen LogP contribution is -2.40. The lowest BCUT2D eigenvalue weighted by atomic mass is 10.00. The topological polar surface area (TPSA) is 137 Å². The Morgan fingerprint density at radius 2 is 1.97 bits per heavy atom. The van der Waals surface area contributed by atoms with Crippen molar-refractivity contribution < 1.29 is 14.3 Å². The highest BCUT2D eigenvalue weighted by atomic mass is 16.5. The first-order chi connectivity index (χ1) is 19.0. The monoisotopic (exact) mass is 524 g/mol. The van der Waals surface area contributed by atoms with Crippen LogP contribution >= 0.6 is 0 Å². The van der Waals surface area contributed by atoms with Crippen LogP contribution in [0.4, 0.5) is 22.0 Å². The zero-order valence-corrected chi connectivity index (χ0v) is 21.5. The molecule has 0 aliphatic carbocycles. The smallest absolute Gasteiger partial charge is 0.319 e. The van der Waals surface area contributed by atoms with Crippen LogP contribution in [0.15, 0.2) is 61.2 Å². The molecule has 0 radical (unpaired) electrons. The molecule has 11 nitrogen and oxygen atoms in total. The summed E-state index contributed by atoms with van der Waals surface area (Å²) in [5.74, 6) is 0.523. The molecule has 0 unspecified atom stereocenters. The number of hydrogen-bond donors (Lipinski definition) is 3. The Morgan fingerprint density at radius 3 is 2.74 bits per heavy atom. The van der Waals surface area contributed by atoms with E-state index >= 15 is 0 Å². The van der Waals surface area contributed by atoms with E-state index < -0.39 is 0 Å². The van der Waals surface area contributed by atoms with E-state index in [9.17, 15) is 9.59 Å². The van der Waals surface area contributed by atoms with E-state index in [1.165, 1.54) is 0 Å². The van der Waals surface area contributed by atoms with Gasteiger partial charge in [-0.25, -0.2) is 14.8 Å². The second kappa shape index (κ2) is 11.6. The molecule has 5 rings (SSSR count). The van der Waals surface area contributed by atoms with Crippen molar-refractivity contribution in [3.05, 3.63) is 72.3 Å². The molecule has 1 aliphatic heterocycles. The highest BCUT2D eigenvalue weighted by Gasteiger charge is 2.19. The maximum atomic E-state index is 12.8. The Morgan fingerprint density at radius 1 is 1.13 bits per heavy atom. The molecule has 0 bridgehead atoms. The molecule has 4 heterocycles. The van der Waals surface area contributed by atoms with Crippen molar-refractivity contribution in [1.82, 2.24) is 24.6 Å². The van der Waals surface area contributed by atoms with E-state index in [1.54, 1.807) is 29.4 Å². The summed E-state index contributed by atoms with van der Waals surface area (Å²) in [6.07, 6.45) is 7.38. The number of hydrogen-bond acceptors (Lipinski definition) is 7. The Balaban J connectivity index is 1.38. The number of benzene rings is 1. The van der Waals surface area contributed by atoms with Gasteiger partial charge in [0.1, 0.15) is 5.82 Å². The molecular formula is C28H28N8O3. The number of fused-ring (bicyclic) bond motifs is 1. The number of anilines is 3. The number of carbonyl (C=O) groups is 2. The summed E-state index contributed by atoms with van der Waals surface area (Å²) in [6, 6.07) is 12.9. The summed E-state index contributed by atoms with van der Waals surface area (Å²) in [6.45, 7) is 4.46. The van der Waals surface area contributed by atoms with E-state index in [0.717, 1.165) is 28.0 Å². The van der Waals surface area contributed by atoms with Crippen molar-refractivity contribution in [2.45, 2.75) is 13.3 Å². The largest absolute Gasteiger partial charge is 0.378 e.